The molecule has 0 saturated carbocycles. The first-order valence-electron chi connectivity index (χ1n) is 40.0. The predicted molar refractivity (Wildman–Crippen MR) is 380 cm³/mol. The number of hydrogen-bond donors (Lipinski definition) is 3. The fraction of sp³-hybridized carbons (Fsp3) is 0.950. The van der Waals surface area contributed by atoms with Gasteiger partial charge < -0.3 is 20.3 Å². The van der Waals surface area contributed by atoms with Gasteiger partial charge in [0, 0.05) is 12.8 Å². The highest BCUT2D eigenvalue weighted by Gasteiger charge is 2.18. The average Bonchev–Trinajstić information content (AvgIpc) is 3.55. The molecule has 0 bridgehead atoms. The van der Waals surface area contributed by atoms with Crippen molar-refractivity contribution in [3.63, 3.8) is 0 Å². The van der Waals surface area contributed by atoms with Gasteiger partial charge in [-0.05, 0) is 32.1 Å². The fourth-order valence-corrected chi connectivity index (χ4v) is 13.0. The fourth-order valence-electron chi connectivity index (χ4n) is 13.0. The van der Waals surface area contributed by atoms with Gasteiger partial charge >= 0.3 is 5.97 Å². The number of aliphatic hydroxyl groups is 2. The lowest BCUT2D eigenvalue weighted by atomic mass is 10.0. The first kappa shape index (κ1) is 84.6. The topological polar surface area (TPSA) is 95.9 Å². The summed E-state index contributed by atoms with van der Waals surface area (Å²) >= 11 is 0. The quantitative estimate of drug-likeness (QED) is 0.0320. The van der Waals surface area contributed by atoms with Crippen LogP contribution in [0.1, 0.15) is 463 Å². The molecular formula is C80H157NO5. The van der Waals surface area contributed by atoms with Gasteiger partial charge in [0.15, 0.2) is 0 Å². The van der Waals surface area contributed by atoms with Crippen molar-refractivity contribution in [2.45, 2.75) is 475 Å². The Hall–Kier alpha value is -1.40. The Bertz CT molecular complexity index is 1300. The number of carbonyl (C=O) groups is 2. The van der Waals surface area contributed by atoms with Crippen LogP contribution in [0.25, 0.3) is 0 Å². The number of aliphatic hydroxyl groups excluding tert-OH is 2. The molecule has 0 heterocycles. The summed E-state index contributed by atoms with van der Waals surface area (Å²) in [6.45, 7) is 4.97. The monoisotopic (exact) mass is 1210 g/mol. The molecule has 0 aromatic heterocycles. The Balaban J connectivity index is 3.36. The molecule has 0 aliphatic carbocycles. The minimum atomic E-state index is -0.844. The van der Waals surface area contributed by atoms with Gasteiger partial charge in [-0.25, -0.2) is 0 Å². The minimum absolute atomic E-state index is 0.0236. The molecule has 2 atom stereocenters. The van der Waals surface area contributed by atoms with Crippen molar-refractivity contribution >= 4 is 11.9 Å². The van der Waals surface area contributed by atoms with Crippen molar-refractivity contribution < 1.29 is 24.5 Å². The molecule has 86 heavy (non-hydrogen) atoms. The zero-order valence-electron chi connectivity index (χ0n) is 58.8. The van der Waals surface area contributed by atoms with E-state index in [9.17, 15) is 19.8 Å². The third kappa shape index (κ3) is 71.7. The number of esters is 1. The molecule has 0 aromatic rings. The van der Waals surface area contributed by atoms with Gasteiger partial charge in [0.05, 0.1) is 25.4 Å². The zero-order valence-corrected chi connectivity index (χ0v) is 58.8. The Kier molecular flexibility index (Phi) is 74.8. The molecule has 0 radical (unpaired) electrons. The average molecular weight is 1210 g/mol. The number of carbonyl (C=O) groups excluding carboxylic acids is 2. The lowest BCUT2D eigenvalue weighted by Crippen LogP contribution is -2.45. The van der Waals surface area contributed by atoms with E-state index in [0.717, 1.165) is 38.5 Å². The first-order valence-corrected chi connectivity index (χ1v) is 40.0. The van der Waals surface area contributed by atoms with E-state index in [2.05, 4.69) is 19.2 Å². The van der Waals surface area contributed by atoms with Crippen molar-refractivity contribution in [3.05, 3.63) is 12.2 Å². The van der Waals surface area contributed by atoms with E-state index in [-0.39, 0.29) is 18.5 Å². The smallest absolute Gasteiger partial charge is 0.305 e. The number of unbranched alkanes of at least 4 members (excludes halogenated alkanes) is 65. The molecule has 0 aliphatic heterocycles. The van der Waals surface area contributed by atoms with E-state index in [1.165, 1.54) is 398 Å². The van der Waals surface area contributed by atoms with Crippen LogP contribution in [0.2, 0.25) is 0 Å². The Morgan fingerprint density at radius 1 is 0.314 bits per heavy atom. The molecule has 6 heteroatoms. The number of ether oxygens (including phenoxy) is 1. The van der Waals surface area contributed by atoms with Crippen LogP contribution >= 0.6 is 0 Å². The minimum Gasteiger partial charge on any atom is -0.466 e. The number of rotatable bonds is 76. The van der Waals surface area contributed by atoms with Crippen molar-refractivity contribution in [1.82, 2.24) is 5.32 Å². The van der Waals surface area contributed by atoms with Crippen molar-refractivity contribution in [2.24, 2.45) is 0 Å². The van der Waals surface area contributed by atoms with Crippen LogP contribution in [-0.4, -0.2) is 47.4 Å². The normalized spacial score (nSPS) is 12.5. The Morgan fingerprint density at radius 3 is 0.791 bits per heavy atom. The molecule has 3 N–H and O–H groups in total. The number of amides is 1. The van der Waals surface area contributed by atoms with Crippen molar-refractivity contribution in [1.29, 1.82) is 0 Å². The Morgan fingerprint density at radius 2 is 0.535 bits per heavy atom. The van der Waals surface area contributed by atoms with Gasteiger partial charge in [-0.3, -0.25) is 9.59 Å². The summed E-state index contributed by atoms with van der Waals surface area (Å²) in [6, 6.07) is -0.627. The van der Waals surface area contributed by atoms with Gasteiger partial charge in [-0.1, -0.05) is 431 Å². The molecule has 512 valence electrons. The van der Waals surface area contributed by atoms with Crippen LogP contribution in [0.15, 0.2) is 12.2 Å². The number of nitrogens with one attached hydrogen (secondary N) is 1. The summed E-state index contributed by atoms with van der Waals surface area (Å²) < 4.78 is 5.52. The van der Waals surface area contributed by atoms with Crippen LogP contribution in [0, 0.1) is 0 Å². The highest BCUT2D eigenvalue weighted by Crippen LogP contribution is 2.20. The summed E-state index contributed by atoms with van der Waals surface area (Å²) in [5.74, 6) is -0.0358. The van der Waals surface area contributed by atoms with Crippen molar-refractivity contribution in [3.8, 4) is 0 Å². The van der Waals surface area contributed by atoms with Crippen LogP contribution < -0.4 is 5.32 Å². The second-order valence-corrected chi connectivity index (χ2v) is 27.8. The summed E-state index contributed by atoms with van der Waals surface area (Å²) in [7, 11) is 0. The molecule has 0 fully saturated rings. The Labute approximate surface area is 539 Å². The van der Waals surface area contributed by atoms with Gasteiger partial charge in [-0.15, -0.1) is 0 Å². The zero-order chi connectivity index (χ0) is 62.0. The van der Waals surface area contributed by atoms with Crippen LogP contribution in [-0.2, 0) is 14.3 Å². The lowest BCUT2D eigenvalue weighted by molar-refractivity contribution is -0.143. The van der Waals surface area contributed by atoms with Gasteiger partial charge in [0.1, 0.15) is 0 Å². The second-order valence-electron chi connectivity index (χ2n) is 27.8. The summed E-state index contributed by atoms with van der Waals surface area (Å²) in [5, 5.41) is 23.3. The van der Waals surface area contributed by atoms with Gasteiger partial charge in [-0.2, -0.15) is 0 Å². The molecule has 0 aliphatic rings. The van der Waals surface area contributed by atoms with E-state index in [1.54, 1.807) is 6.08 Å². The largest absolute Gasteiger partial charge is 0.466 e. The highest BCUT2D eigenvalue weighted by molar-refractivity contribution is 5.76. The maximum atomic E-state index is 12.6. The molecule has 0 saturated heterocycles. The summed E-state index contributed by atoms with van der Waals surface area (Å²) in [4.78, 5) is 24.7. The van der Waals surface area contributed by atoms with Gasteiger partial charge in [0.25, 0.3) is 0 Å². The predicted octanol–water partition coefficient (Wildman–Crippen LogP) is 26.3. The summed E-state index contributed by atoms with van der Waals surface area (Å²) in [5.41, 5.74) is 0. The third-order valence-electron chi connectivity index (χ3n) is 19.1. The van der Waals surface area contributed by atoms with Crippen molar-refractivity contribution in [2.75, 3.05) is 13.2 Å². The van der Waals surface area contributed by atoms with E-state index < -0.39 is 12.1 Å². The standard InChI is InChI=1S/C80H157NO5/c1-3-5-7-9-11-13-15-17-19-21-23-24-25-31-34-37-40-44-48-52-56-60-64-68-72-78(83)77(76-82)81-79(84)73-69-65-61-57-53-49-45-41-38-35-32-29-27-26-28-30-33-36-39-43-47-51-55-59-63-67-71-75-86-80(85)74-70-66-62-58-54-50-46-42-22-20-18-16-14-12-10-8-6-4-2/h68,72,77-78,82-83H,3-67,69-71,73-76H2,1-2H3,(H,81,84)/b72-68+. The SMILES string of the molecule is CCCCCCCCCCCCCCCCCCCCCCCC/C=C/C(O)C(CO)NC(=O)CCCCCCCCCCCCCCCCCCCCCCCCCCCCCOC(=O)CCCCCCCCCCCCCCCCCCCC. The number of hydrogen-bond acceptors (Lipinski definition) is 5. The van der Waals surface area contributed by atoms with E-state index >= 15 is 0 Å². The maximum Gasteiger partial charge on any atom is 0.305 e. The number of allylic oxidation sites excluding steroid dienone is 1. The third-order valence-corrected chi connectivity index (χ3v) is 19.1. The molecule has 0 rings (SSSR count). The molecular weight excluding hydrogens is 1050 g/mol. The maximum absolute atomic E-state index is 12.6. The molecule has 1 amide bonds. The van der Waals surface area contributed by atoms with E-state index in [4.69, 9.17) is 4.74 Å². The van der Waals surface area contributed by atoms with E-state index in [1.807, 2.05) is 6.08 Å². The molecule has 0 spiro atoms. The van der Waals surface area contributed by atoms with Crippen LogP contribution in [0.4, 0.5) is 0 Å². The second kappa shape index (κ2) is 76.1. The van der Waals surface area contributed by atoms with E-state index in [0.29, 0.717) is 19.4 Å². The summed E-state index contributed by atoms with van der Waals surface area (Å²) in [6.07, 6.45) is 96.2. The lowest BCUT2D eigenvalue weighted by Gasteiger charge is -2.20. The molecule has 2 unspecified atom stereocenters. The first-order chi connectivity index (χ1) is 42.5. The van der Waals surface area contributed by atoms with Crippen LogP contribution in [0.5, 0.6) is 0 Å². The highest BCUT2D eigenvalue weighted by atomic mass is 16.5. The molecule has 0 aromatic carbocycles. The molecule has 6 nitrogen and oxygen atoms in total. The van der Waals surface area contributed by atoms with Crippen LogP contribution in [0.3, 0.4) is 0 Å². The van der Waals surface area contributed by atoms with Gasteiger partial charge in [0.2, 0.25) is 5.91 Å².